The van der Waals surface area contributed by atoms with Gasteiger partial charge >= 0.3 is 6.03 Å². The molecule has 1 saturated carbocycles. The van der Waals surface area contributed by atoms with Gasteiger partial charge in [0.25, 0.3) is 0 Å². The number of hydrogen-bond donors (Lipinski definition) is 2. The molecule has 1 fully saturated rings. The van der Waals surface area contributed by atoms with E-state index in [1.54, 1.807) is 25.1 Å². The first kappa shape index (κ1) is 28.6. The van der Waals surface area contributed by atoms with Crippen molar-refractivity contribution in [1.29, 1.82) is 0 Å². The van der Waals surface area contributed by atoms with Crippen LogP contribution in [0.3, 0.4) is 0 Å². The Balaban J connectivity index is 1.66. The van der Waals surface area contributed by atoms with Crippen molar-refractivity contribution in [3.63, 3.8) is 0 Å². The Bertz CT molecular complexity index is 1170. The maximum absolute atomic E-state index is 13.9. The summed E-state index contributed by atoms with van der Waals surface area (Å²) < 4.78 is 13.9. The molecule has 1 aliphatic carbocycles. The van der Waals surface area contributed by atoms with E-state index >= 15 is 0 Å². The van der Waals surface area contributed by atoms with Gasteiger partial charge in [0, 0.05) is 22.8 Å². The van der Waals surface area contributed by atoms with E-state index < -0.39 is 18.1 Å². The smallest absolute Gasteiger partial charge is 0.345 e. The van der Waals surface area contributed by atoms with Crippen LogP contribution in [0.15, 0.2) is 54.0 Å². The summed E-state index contributed by atoms with van der Waals surface area (Å²) >= 11 is 6.39. The van der Waals surface area contributed by atoms with Crippen LogP contribution in [0.1, 0.15) is 87.5 Å². The highest BCUT2D eigenvalue weighted by molar-refractivity contribution is 6.32. The van der Waals surface area contributed by atoms with Crippen molar-refractivity contribution >= 4 is 34.9 Å². The highest BCUT2D eigenvalue weighted by Gasteiger charge is 2.38. The minimum atomic E-state index is -0.937. The molecule has 0 heterocycles. The van der Waals surface area contributed by atoms with E-state index in [0.29, 0.717) is 40.8 Å². The molecule has 0 unspecified atom stereocenters. The Hall–Kier alpha value is -2.99. The number of hydrogen-bond acceptors (Lipinski definition) is 2. The Morgan fingerprint density at radius 2 is 1.81 bits per heavy atom. The van der Waals surface area contributed by atoms with Gasteiger partial charge in [-0.05, 0) is 60.6 Å². The van der Waals surface area contributed by atoms with Crippen molar-refractivity contribution in [2.75, 3.05) is 6.67 Å². The summed E-state index contributed by atoms with van der Waals surface area (Å²) in [6.45, 7) is 9.57. The zero-order valence-electron chi connectivity index (χ0n) is 22.0. The van der Waals surface area contributed by atoms with Crippen LogP contribution in [-0.2, 0) is 11.3 Å². The summed E-state index contributed by atoms with van der Waals surface area (Å²) in [7, 11) is 0. The molecule has 1 aliphatic rings. The molecule has 0 saturated heterocycles. The predicted molar refractivity (Wildman–Crippen MR) is 150 cm³/mol. The van der Waals surface area contributed by atoms with Gasteiger partial charge in [0.1, 0.15) is 6.67 Å². The first-order chi connectivity index (χ1) is 17.6. The van der Waals surface area contributed by atoms with Crippen LogP contribution < -0.4 is 10.6 Å². The van der Waals surface area contributed by atoms with Crippen LogP contribution in [0.5, 0.6) is 0 Å². The highest BCUT2D eigenvalue weighted by Crippen LogP contribution is 2.36. The lowest BCUT2D eigenvalue weighted by Gasteiger charge is -2.28. The van der Waals surface area contributed by atoms with E-state index in [4.69, 9.17) is 11.6 Å². The minimum absolute atomic E-state index is 0.232. The van der Waals surface area contributed by atoms with Gasteiger partial charge in [0.15, 0.2) is 0 Å². The van der Waals surface area contributed by atoms with Gasteiger partial charge in [0.05, 0.1) is 11.1 Å². The highest BCUT2D eigenvalue weighted by atomic mass is 35.5. The molecule has 3 amide bonds. The largest absolute Gasteiger partial charge is 0.351 e. The Kier molecular flexibility index (Phi) is 10.0. The van der Waals surface area contributed by atoms with Crippen LogP contribution in [0, 0.1) is 5.41 Å². The fourth-order valence-corrected chi connectivity index (χ4v) is 4.91. The van der Waals surface area contributed by atoms with E-state index in [1.165, 1.54) is 5.56 Å². The topological polar surface area (TPSA) is 70.6 Å². The molecule has 7 heteroatoms. The maximum atomic E-state index is 13.9. The second-order valence-corrected chi connectivity index (χ2v) is 10.6. The predicted octanol–water partition coefficient (Wildman–Crippen LogP) is 7.58. The van der Waals surface area contributed by atoms with Crippen molar-refractivity contribution in [1.82, 2.24) is 10.6 Å². The number of aliphatic imine (C=N–C) groups is 1. The zero-order valence-corrected chi connectivity index (χ0v) is 22.8. The van der Waals surface area contributed by atoms with E-state index in [1.807, 2.05) is 18.2 Å². The van der Waals surface area contributed by atoms with Crippen molar-refractivity contribution in [3.8, 4) is 0 Å². The van der Waals surface area contributed by atoms with Crippen molar-refractivity contribution in [3.05, 3.63) is 76.3 Å². The van der Waals surface area contributed by atoms with Crippen molar-refractivity contribution < 1.29 is 14.0 Å². The number of urea groups is 1. The SMILES string of the molecule is C=C(NC(=O)/N=C(\C)c1cccc(C(C)C)c1)c1cc(CNC(=O)C2(CF)CCCCCC2)ccc1Cl. The van der Waals surface area contributed by atoms with E-state index in [0.717, 1.165) is 36.8 Å². The van der Waals surface area contributed by atoms with E-state index in [9.17, 15) is 14.0 Å². The number of benzene rings is 2. The number of carbonyl (C=O) groups is 2. The second-order valence-electron chi connectivity index (χ2n) is 10.2. The molecule has 0 bridgehead atoms. The molecule has 0 aromatic heterocycles. The molecule has 5 nitrogen and oxygen atoms in total. The van der Waals surface area contributed by atoms with Gasteiger partial charge in [-0.3, -0.25) is 4.79 Å². The van der Waals surface area contributed by atoms with Crippen LogP contribution >= 0.6 is 11.6 Å². The van der Waals surface area contributed by atoms with Gasteiger partial charge < -0.3 is 10.6 Å². The fourth-order valence-electron chi connectivity index (χ4n) is 4.67. The van der Waals surface area contributed by atoms with Gasteiger partial charge in [-0.2, -0.15) is 4.99 Å². The van der Waals surface area contributed by atoms with Gasteiger partial charge in [-0.25, -0.2) is 9.18 Å². The van der Waals surface area contributed by atoms with Gasteiger partial charge in [0.2, 0.25) is 5.91 Å². The zero-order chi connectivity index (χ0) is 27.0. The lowest BCUT2D eigenvalue weighted by Crippen LogP contribution is -2.42. The molecule has 37 heavy (non-hydrogen) atoms. The van der Waals surface area contributed by atoms with Crippen LogP contribution in [0.4, 0.5) is 9.18 Å². The summed E-state index contributed by atoms with van der Waals surface area (Å²) in [6.07, 6.45) is 4.96. The summed E-state index contributed by atoms with van der Waals surface area (Å²) in [4.78, 5) is 29.7. The number of rotatable bonds is 8. The van der Waals surface area contributed by atoms with E-state index in [2.05, 4.69) is 42.1 Å². The molecule has 2 aromatic carbocycles. The number of halogens is 2. The third kappa shape index (κ3) is 7.51. The third-order valence-electron chi connectivity index (χ3n) is 7.11. The van der Waals surface area contributed by atoms with Crippen molar-refractivity contribution in [2.24, 2.45) is 10.4 Å². The number of nitrogens with one attached hydrogen (secondary N) is 2. The molecule has 2 N–H and O–H groups in total. The average Bonchev–Trinajstić information content (AvgIpc) is 3.14. The molecule has 3 rings (SSSR count). The molecular formula is C30H37ClFN3O2. The summed E-state index contributed by atoms with van der Waals surface area (Å²) in [5.41, 5.74) is 3.32. The lowest BCUT2D eigenvalue weighted by atomic mass is 9.80. The van der Waals surface area contributed by atoms with Crippen molar-refractivity contribution in [2.45, 2.75) is 71.8 Å². The normalized spacial score (nSPS) is 15.7. The standard InChI is InChI=1S/C30H37ClFN3O2/c1-20(2)24-10-9-11-25(17-24)21(3)34-29(37)35-22(4)26-16-23(12-13-27(26)31)18-33-28(36)30(19-32)14-7-5-6-8-15-30/h9-13,16-17,20H,4-8,14-15,18-19H2,1-3H3,(H,33,36)(H,35,37)/b34-21+. The monoisotopic (exact) mass is 525 g/mol. The Labute approximate surface area is 224 Å². The number of alkyl halides is 1. The third-order valence-corrected chi connectivity index (χ3v) is 7.43. The summed E-state index contributed by atoms with van der Waals surface area (Å²) in [5.74, 6) is 0.127. The molecule has 2 aromatic rings. The fraction of sp³-hybridized carbons (Fsp3) is 0.433. The quantitative estimate of drug-likeness (QED) is 0.275. The molecule has 0 atom stereocenters. The Morgan fingerprint density at radius 3 is 2.46 bits per heavy atom. The Morgan fingerprint density at radius 1 is 1.11 bits per heavy atom. The van der Waals surface area contributed by atoms with Crippen LogP contribution in [0.2, 0.25) is 5.02 Å². The van der Waals surface area contributed by atoms with Crippen LogP contribution in [0.25, 0.3) is 5.70 Å². The molecule has 0 aliphatic heterocycles. The lowest BCUT2D eigenvalue weighted by molar-refractivity contribution is -0.133. The first-order valence-electron chi connectivity index (χ1n) is 12.9. The molecule has 0 spiro atoms. The van der Waals surface area contributed by atoms with Crippen LogP contribution in [-0.4, -0.2) is 24.3 Å². The van der Waals surface area contributed by atoms with Gasteiger partial charge in [-0.15, -0.1) is 0 Å². The minimum Gasteiger partial charge on any atom is -0.351 e. The summed E-state index contributed by atoms with van der Waals surface area (Å²) in [6, 6.07) is 12.7. The number of carbonyl (C=O) groups excluding carboxylic acids is 2. The maximum Gasteiger partial charge on any atom is 0.345 e. The number of nitrogens with zero attached hydrogens (tertiary/aromatic N) is 1. The van der Waals surface area contributed by atoms with E-state index in [-0.39, 0.29) is 12.5 Å². The molecular weight excluding hydrogens is 489 g/mol. The second kappa shape index (κ2) is 13.0. The average molecular weight is 526 g/mol. The number of amides is 3. The summed E-state index contributed by atoms with van der Waals surface area (Å²) in [5, 5.41) is 6.02. The van der Waals surface area contributed by atoms with Gasteiger partial charge in [-0.1, -0.05) is 82.0 Å². The molecule has 198 valence electrons. The molecule has 0 radical (unpaired) electrons. The first-order valence-corrected chi connectivity index (χ1v) is 13.3.